The molecule has 0 saturated carbocycles. The van der Waals surface area contributed by atoms with Gasteiger partial charge in [-0.05, 0) is 56.0 Å². The molecule has 0 aliphatic carbocycles. The molecule has 1 aliphatic heterocycles. The summed E-state index contributed by atoms with van der Waals surface area (Å²) >= 11 is 0. The zero-order valence-electron chi connectivity index (χ0n) is 15.7. The molecule has 27 heavy (non-hydrogen) atoms. The minimum absolute atomic E-state index is 0.136. The van der Waals surface area contributed by atoms with Gasteiger partial charge >= 0.3 is 0 Å². The maximum absolute atomic E-state index is 12.6. The van der Waals surface area contributed by atoms with Crippen LogP contribution in [-0.2, 0) is 4.79 Å². The number of nitrogens with zero attached hydrogens (tertiary/aromatic N) is 3. The number of anilines is 3. The topological polar surface area (TPSA) is 87.2 Å². The summed E-state index contributed by atoms with van der Waals surface area (Å²) in [7, 11) is 0. The largest absolute Gasteiger partial charge is 0.338 e. The molecular formula is C20H25N5O2. The molecule has 3 rings (SSSR count). The molecule has 1 atom stereocenters. The van der Waals surface area contributed by atoms with Crippen LogP contribution in [-0.4, -0.2) is 34.4 Å². The van der Waals surface area contributed by atoms with Gasteiger partial charge in [-0.25, -0.2) is 9.97 Å². The van der Waals surface area contributed by atoms with Crippen molar-refractivity contribution in [3.8, 4) is 0 Å². The third-order valence-electron chi connectivity index (χ3n) is 4.69. The van der Waals surface area contributed by atoms with Crippen LogP contribution in [0.5, 0.6) is 0 Å². The van der Waals surface area contributed by atoms with Crippen molar-refractivity contribution in [3.05, 3.63) is 42.2 Å². The van der Waals surface area contributed by atoms with Crippen molar-refractivity contribution in [1.82, 2.24) is 9.97 Å². The number of hydrogen-bond donors (Lipinski definition) is 2. The van der Waals surface area contributed by atoms with Crippen molar-refractivity contribution < 1.29 is 9.59 Å². The third kappa shape index (κ3) is 4.81. The van der Waals surface area contributed by atoms with Crippen molar-refractivity contribution in [2.24, 2.45) is 0 Å². The molecule has 1 aromatic heterocycles. The molecule has 7 nitrogen and oxygen atoms in total. The lowest BCUT2D eigenvalue weighted by atomic mass is 10.0. The van der Waals surface area contributed by atoms with Crippen LogP contribution >= 0.6 is 0 Å². The summed E-state index contributed by atoms with van der Waals surface area (Å²) in [6.45, 7) is 4.55. The van der Waals surface area contributed by atoms with Gasteiger partial charge in [0.2, 0.25) is 11.9 Å². The van der Waals surface area contributed by atoms with Gasteiger partial charge in [-0.15, -0.1) is 0 Å². The van der Waals surface area contributed by atoms with E-state index in [1.165, 1.54) is 13.3 Å². The fraction of sp³-hybridized carbons (Fsp3) is 0.400. The quantitative estimate of drug-likeness (QED) is 0.845. The number of hydrogen-bond acceptors (Lipinski definition) is 5. The monoisotopic (exact) mass is 367 g/mol. The van der Waals surface area contributed by atoms with Gasteiger partial charge in [-0.2, -0.15) is 0 Å². The number of aromatic nitrogens is 2. The highest BCUT2D eigenvalue weighted by molar-refractivity contribution is 6.03. The second-order valence-corrected chi connectivity index (χ2v) is 6.71. The number of nitrogens with one attached hydrogen (secondary N) is 2. The summed E-state index contributed by atoms with van der Waals surface area (Å²) in [6.07, 6.45) is 6.16. The average molecular weight is 367 g/mol. The molecule has 7 heteroatoms. The Balaban J connectivity index is 1.70. The number of piperidine rings is 1. The molecule has 0 bridgehead atoms. The number of carbonyl (C=O) groups is 2. The zero-order chi connectivity index (χ0) is 19.2. The van der Waals surface area contributed by atoms with E-state index in [0.29, 0.717) is 29.1 Å². The van der Waals surface area contributed by atoms with Crippen molar-refractivity contribution in [3.63, 3.8) is 0 Å². The molecule has 2 aromatic rings. The molecule has 0 radical (unpaired) electrons. The lowest BCUT2D eigenvalue weighted by molar-refractivity contribution is -0.114. The van der Waals surface area contributed by atoms with Gasteiger partial charge in [0.05, 0.1) is 0 Å². The Morgan fingerprint density at radius 2 is 1.81 bits per heavy atom. The van der Waals surface area contributed by atoms with E-state index >= 15 is 0 Å². The highest BCUT2D eigenvalue weighted by Crippen LogP contribution is 2.23. The van der Waals surface area contributed by atoms with E-state index in [-0.39, 0.29) is 11.8 Å². The zero-order valence-corrected chi connectivity index (χ0v) is 15.7. The van der Waals surface area contributed by atoms with Gasteiger partial charge in [0, 0.05) is 37.1 Å². The van der Waals surface area contributed by atoms with Gasteiger partial charge in [-0.3, -0.25) is 9.59 Å². The summed E-state index contributed by atoms with van der Waals surface area (Å²) < 4.78 is 0. The van der Waals surface area contributed by atoms with Gasteiger partial charge < -0.3 is 15.5 Å². The first-order valence-electron chi connectivity index (χ1n) is 9.35. The van der Waals surface area contributed by atoms with Gasteiger partial charge in [0.15, 0.2) is 0 Å². The molecule has 2 amide bonds. The first-order chi connectivity index (χ1) is 13.1. The van der Waals surface area contributed by atoms with Crippen molar-refractivity contribution in [1.29, 1.82) is 0 Å². The molecule has 2 heterocycles. The van der Waals surface area contributed by atoms with E-state index in [1.807, 2.05) is 0 Å². The Labute approximate surface area is 159 Å². The molecule has 2 N–H and O–H groups in total. The molecule has 1 saturated heterocycles. The predicted molar refractivity (Wildman–Crippen MR) is 106 cm³/mol. The van der Waals surface area contributed by atoms with E-state index in [2.05, 4.69) is 32.4 Å². The van der Waals surface area contributed by atoms with Crippen LogP contribution in [0, 0.1) is 0 Å². The fourth-order valence-corrected chi connectivity index (χ4v) is 3.34. The van der Waals surface area contributed by atoms with E-state index in [4.69, 9.17) is 0 Å². The smallest absolute Gasteiger partial charge is 0.274 e. The number of benzene rings is 1. The van der Waals surface area contributed by atoms with Crippen molar-refractivity contribution >= 4 is 29.1 Å². The first kappa shape index (κ1) is 18.8. The van der Waals surface area contributed by atoms with E-state index in [0.717, 1.165) is 25.8 Å². The summed E-state index contributed by atoms with van der Waals surface area (Å²) in [4.78, 5) is 34.7. The van der Waals surface area contributed by atoms with E-state index in [9.17, 15) is 9.59 Å². The van der Waals surface area contributed by atoms with E-state index < -0.39 is 0 Å². The van der Waals surface area contributed by atoms with Gasteiger partial charge in [0.1, 0.15) is 5.69 Å². The molecule has 142 valence electrons. The van der Waals surface area contributed by atoms with Crippen LogP contribution in [0.4, 0.5) is 17.3 Å². The van der Waals surface area contributed by atoms with Crippen molar-refractivity contribution in [2.45, 2.75) is 45.6 Å². The fourth-order valence-electron chi connectivity index (χ4n) is 3.34. The summed E-state index contributed by atoms with van der Waals surface area (Å²) in [5.41, 5.74) is 1.66. The average Bonchev–Trinajstić information content (AvgIpc) is 2.69. The standard InChI is InChI=1S/C20H25N5O2/c1-3-17-6-4-5-13-25(17)20-21-12-11-18(24-20)19(27)23-16-9-7-15(8-10-16)22-14(2)26/h7-12,17H,3-6,13H2,1-2H3,(H,22,26)(H,23,27). The summed E-state index contributed by atoms with van der Waals surface area (Å²) in [5, 5.41) is 5.53. The second-order valence-electron chi connectivity index (χ2n) is 6.71. The third-order valence-corrected chi connectivity index (χ3v) is 4.69. The lowest BCUT2D eigenvalue weighted by Gasteiger charge is -2.35. The molecule has 1 fully saturated rings. The van der Waals surface area contributed by atoms with Crippen LogP contribution in [0.15, 0.2) is 36.5 Å². The first-order valence-corrected chi connectivity index (χ1v) is 9.35. The number of rotatable bonds is 5. The predicted octanol–water partition coefficient (Wildman–Crippen LogP) is 3.46. The normalized spacial score (nSPS) is 16.7. The van der Waals surface area contributed by atoms with Gasteiger partial charge in [0.25, 0.3) is 5.91 Å². The van der Waals surface area contributed by atoms with Crippen LogP contribution < -0.4 is 15.5 Å². The molecule has 1 unspecified atom stereocenters. The Morgan fingerprint density at radius 3 is 2.48 bits per heavy atom. The van der Waals surface area contributed by atoms with Crippen LogP contribution in [0.1, 0.15) is 50.0 Å². The minimum atomic E-state index is -0.281. The molecule has 1 aromatic carbocycles. The Hall–Kier alpha value is -2.96. The lowest BCUT2D eigenvalue weighted by Crippen LogP contribution is -2.40. The van der Waals surface area contributed by atoms with Gasteiger partial charge in [-0.1, -0.05) is 6.92 Å². The summed E-state index contributed by atoms with van der Waals surface area (Å²) in [6, 6.07) is 9.00. The van der Waals surface area contributed by atoms with Crippen LogP contribution in [0.3, 0.4) is 0 Å². The summed E-state index contributed by atoms with van der Waals surface area (Å²) in [5.74, 6) is 0.203. The van der Waals surface area contributed by atoms with Crippen molar-refractivity contribution in [2.75, 3.05) is 22.1 Å². The highest BCUT2D eigenvalue weighted by Gasteiger charge is 2.23. The molecule has 0 spiro atoms. The second kappa shape index (κ2) is 8.62. The Morgan fingerprint density at radius 1 is 1.11 bits per heavy atom. The molecule has 1 aliphatic rings. The minimum Gasteiger partial charge on any atom is -0.338 e. The molecular weight excluding hydrogens is 342 g/mol. The Bertz CT molecular complexity index is 806. The van der Waals surface area contributed by atoms with Crippen LogP contribution in [0.25, 0.3) is 0 Å². The Kier molecular flexibility index (Phi) is 6.01. The SMILES string of the molecule is CCC1CCCCN1c1nccc(C(=O)Nc2ccc(NC(C)=O)cc2)n1. The highest BCUT2D eigenvalue weighted by atomic mass is 16.2. The maximum atomic E-state index is 12.6. The van der Waals surface area contributed by atoms with Crippen LogP contribution in [0.2, 0.25) is 0 Å². The van der Waals surface area contributed by atoms with E-state index in [1.54, 1.807) is 36.5 Å². The number of amides is 2. The number of carbonyl (C=O) groups excluding carboxylic acids is 2. The maximum Gasteiger partial charge on any atom is 0.274 e.